The fourth-order valence-electron chi connectivity index (χ4n) is 2.58. The molecule has 1 aliphatic carbocycles. The lowest BCUT2D eigenvalue weighted by Gasteiger charge is -2.22. The molecular formula is C13H25ClN2O3. The van der Waals surface area contributed by atoms with Crippen molar-refractivity contribution in [2.75, 3.05) is 26.4 Å². The Morgan fingerprint density at radius 1 is 1.42 bits per heavy atom. The Bertz CT molecular complexity index is 277. The molecule has 0 aromatic heterocycles. The van der Waals surface area contributed by atoms with Crippen molar-refractivity contribution >= 4 is 18.3 Å². The zero-order valence-corrected chi connectivity index (χ0v) is 12.2. The molecule has 2 rings (SSSR count). The molecule has 2 fully saturated rings. The summed E-state index contributed by atoms with van der Waals surface area (Å²) in [5.74, 6) is 0.00389. The van der Waals surface area contributed by atoms with E-state index in [-0.39, 0.29) is 24.4 Å². The smallest absolute Gasteiger partial charge is 0.240 e. The third kappa shape index (κ3) is 4.91. The lowest BCUT2D eigenvalue weighted by atomic mass is 9.98. The van der Waals surface area contributed by atoms with Gasteiger partial charge in [0, 0.05) is 19.8 Å². The molecule has 0 radical (unpaired) electrons. The van der Waals surface area contributed by atoms with Crippen LogP contribution >= 0.6 is 12.4 Å². The summed E-state index contributed by atoms with van der Waals surface area (Å²) in [5, 5.41) is 2.92. The van der Waals surface area contributed by atoms with E-state index in [2.05, 4.69) is 5.32 Å². The van der Waals surface area contributed by atoms with Crippen LogP contribution in [-0.2, 0) is 14.3 Å². The highest BCUT2D eigenvalue weighted by Gasteiger charge is 2.36. The molecule has 19 heavy (non-hydrogen) atoms. The SMILES string of the molecule is Cl.NC1(C(=O)NCCCOC2CCOC2)CCCC1. The largest absolute Gasteiger partial charge is 0.379 e. The zero-order valence-electron chi connectivity index (χ0n) is 11.4. The molecular weight excluding hydrogens is 268 g/mol. The first-order valence-electron chi connectivity index (χ1n) is 6.97. The topological polar surface area (TPSA) is 73.6 Å². The highest BCUT2D eigenvalue weighted by atomic mass is 35.5. The van der Waals surface area contributed by atoms with Gasteiger partial charge in [0.25, 0.3) is 0 Å². The first kappa shape index (κ1) is 16.7. The van der Waals surface area contributed by atoms with Gasteiger partial charge in [-0.15, -0.1) is 12.4 Å². The van der Waals surface area contributed by atoms with Crippen molar-refractivity contribution in [1.82, 2.24) is 5.32 Å². The number of nitrogens with one attached hydrogen (secondary N) is 1. The van der Waals surface area contributed by atoms with Gasteiger partial charge in [0.2, 0.25) is 5.91 Å². The number of halogens is 1. The fourth-order valence-corrected chi connectivity index (χ4v) is 2.58. The van der Waals surface area contributed by atoms with Gasteiger partial charge in [-0.3, -0.25) is 4.79 Å². The van der Waals surface area contributed by atoms with Crippen LogP contribution in [0.5, 0.6) is 0 Å². The Labute approximate surface area is 121 Å². The maximum Gasteiger partial charge on any atom is 0.240 e. The first-order valence-corrected chi connectivity index (χ1v) is 6.97. The molecule has 1 aliphatic heterocycles. The molecule has 0 aromatic carbocycles. The Hall–Kier alpha value is -0.360. The standard InChI is InChI=1S/C13H24N2O3.ClH/c14-13(5-1-2-6-13)12(16)15-7-3-8-18-11-4-9-17-10-11;/h11H,1-10,14H2,(H,15,16);1H. The second-order valence-electron chi connectivity index (χ2n) is 5.33. The van der Waals surface area contributed by atoms with Gasteiger partial charge in [-0.25, -0.2) is 0 Å². The van der Waals surface area contributed by atoms with Gasteiger partial charge in [-0.1, -0.05) is 12.8 Å². The number of carbonyl (C=O) groups is 1. The van der Waals surface area contributed by atoms with Crippen molar-refractivity contribution in [3.8, 4) is 0 Å². The van der Waals surface area contributed by atoms with Gasteiger partial charge >= 0.3 is 0 Å². The molecule has 0 spiro atoms. The van der Waals surface area contributed by atoms with E-state index in [0.717, 1.165) is 45.1 Å². The van der Waals surface area contributed by atoms with Gasteiger partial charge < -0.3 is 20.5 Å². The summed E-state index contributed by atoms with van der Waals surface area (Å²) in [6.07, 6.45) is 5.82. The minimum Gasteiger partial charge on any atom is -0.379 e. The molecule has 5 nitrogen and oxygen atoms in total. The number of hydrogen-bond donors (Lipinski definition) is 2. The number of amides is 1. The maximum absolute atomic E-state index is 11.9. The van der Waals surface area contributed by atoms with Crippen LogP contribution < -0.4 is 11.1 Å². The summed E-state index contributed by atoms with van der Waals surface area (Å²) in [5.41, 5.74) is 5.45. The van der Waals surface area contributed by atoms with Crippen molar-refractivity contribution < 1.29 is 14.3 Å². The second-order valence-corrected chi connectivity index (χ2v) is 5.33. The van der Waals surface area contributed by atoms with Crippen LogP contribution in [0.2, 0.25) is 0 Å². The van der Waals surface area contributed by atoms with Gasteiger partial charge in [0.1, 0.15) is 0 Å². The van der Waals surface area contributed by atoms with E-state index in [1.54, 1.807) is 0 Å². The highest BCUT2D eigenvalue weighted by Crippen LogP contribution is 2.27. The van der Waals surface area contributed by atoms with E-state index >= 15 is 0 Å². The molecule has 1 amide bonds. The summed E-state index contributed by atoms with van der Waals surface area (Å²) in [4.78, 5) is 11.9. The molecule has 1 heterocycles. The van der Waals surface area contributed by atoms with Crippen molar-refractivity contribution in [2.24, 2.45) is 5.73 Å². The monoisotopic (exact) mass is 292 g/mol. The predicted molar refractivity (Wildman–Crippen MR) is 75.4 cm³/mol. The predicted octanol–water partition coefficient (Wildman–Crippen LogP) is 0.991. The summed E-state index contributed by atoms with van der Waals surface area (Å²) < 4.78 is 10.8. The Kier molecular flexibility index (Phi) is 7.07. The lowest BCUT2D eigenvalue weighted by Crippen LogP contribution is -2.52. The average molecular weight is 293 g/mol. The van der Waals surface area contributed by atoms with Gasteiger partial charge in [-0.05, 0) is 25.7 Å². The minimum atomic E-state index is -0.611. The van der Waals surface area contributed by atoms with Crippen LogP contribution in [0.3, 0.4) is 0 Å². The van der Waals surface area contributed by atoms with E-state index in [4.69, 9.17) is 15.2 Å². The molecule has 1 saturated heterocycles. The van der Waals surface area contributed by atoms with Gasteiger partial charge in [0.15, 0.2) is 0 Å². The number of rotatable bonds is 6. The van der Waals surface area contributed by atoms with E-state index < -0.39 is 5.54 Å². The highest BCUT2D eigenvalue weighted by molar-refractivity contribution is 5.86. The number of hydrogen-bond acceptors (Lipinski definition) is 4. The second kappa shape index (κ2) is 8.04. The van der Waals surface area contributed by atoms with Gasteiger partial charge in [-0.2, -0.15) is 0 Å². The number of nitrogens with two attached hydrogens (primary N) is 1. The van der Waals surface area contributed by atoms with E-state index in [9.17, 15) is 4.79 Å². The lowest BCUT2D eigenvalue weighted by molar-refractivity contribution is -0.126. The molecule has 112 valence electrons. The summed E-state index contributed by atoms with van der Waals surface area (Å²) in [6, 6.07) is 0. The van der Waals surface area contributed by atoms with Crippen LogP contribution in [0.4, 0.5) is 0 Å². The molecule has 6 heteroatoms. The molecule has 1 saturated carbocycles. The number of ether oxygens (including phenoxy) is 2. The van der Waals surface area contributed by atoms with Crippen molar-refractivity contribution in [3.05, 3.63) is 0 Å². The van der Waals surface area contributed by atoms with Crippen molar-refractivity contribution in [1.29, 1.82) is 0 Å². The van der Waals surface area contributed by atoms with E-state index in [1.165, 1.54) is 0 Å². The fraction of sp³-hybridized carbons (Fsp3) is 0.923. The normalized spacial score (nSPS) is 25.0. The van der Waals surface area contributed by atoms with E-state index in [0.29, 0.717) is 19.8 Å². The van der Waals surface area contributed by atoms with E-state index in [1.807, 2.05) is 0 Å². The Morgan fingerprint density at radius 2 is 2.16 bits per heavy atom. The van der Waals surface area contributed by atoms with Crippen molar-refractivity contribution in [2.45, 2.75) is 50.2 Å². The third-order valence-electron chi connectivity index (χ3n) is 3.80. The Morgan fingerprint density at radius 3 is 2.79 bits per heavy atom. The molecule has 0 aromatic rings. The van der Waals surface area contributed by atoms with Crippen LogP contribution in [-0.4, -0.2) is 43.9 Å². The van der Waals surface area contributed by atoms with Crippen LogP contribution in [0.25, 0.3) is 0 Å². The van der Waals surface area contributed by atoms with Crippen LogP contribution in [0.15, 0.2) is 0 Å². The molecule has 1 unspecified atom stereocenters. The maximum atomic E-state index is 11.9. The van der Waals surface area contributed by atoms with Gasteiger partial charge in [0.05, 0.1) is 18.2 Å². The molecule has 2 aliphatic rings. The quantitative estimate of drug-likeness (QED) is 0.716. The number of carbonyl (C=O) groups excluding carboxylic acids is 1. The van der Waals surface area contributed by atoms with Crippen molar-refractivity contribution in [3.63, 3.8) is 0 Å². The molecule has 3 N–H and O–H groups in total. The zero-order chi connectivity index (χ0) is 12.8. The molecule has 0 bridgehead atoms. The molecule has 1 atom stereocenters. The average Bonchev–Trinajstić information content (AvgIpc) is 3.00. The summed E-state index contributed by atoms with van der Waals surface area (Å²) in [6.45, 7) is 2.83. The van der Waals surface area contributed by atoms with Crippen LogP contribution in [0.1, 0.15) is 38.5 Å². The minimum absolute atomic E-state index is 0. The third-order valence-corrected chi connectivity index (χ3v) is 3.80. The summed E-state index contributed by atoms with van der Waals surface area (Å²) >= 11 is 0. The van der Waals surface area contributed by atoms with Crippen LogP contribution in [0, 0.1) is 0 Å². The Balaban J connectivity index is 0.00000180. The first-order chi connectivity index (χ1) is 8.71. The summed E-state index contributed by atoms with van der Waals surface area (Å²) in [7, 11) is 0.